The molecule has 0 saturated heterocycles. The van der Waals surface area contributed by atoms with Crippen molar-refractivity contribution >= 4 is 28.4 Å². The molecule has 1 heterocycles. The molecule has 1 amide bonds. The molecular weight excluding hydrogens is 312 g/mol. The molecule has 0 spiro atoms. The van der Waals surface area contributed by atoms with Gasteiger partial charge in [0.1, 0.15) is 11.4 Å². The minimum Gasteiger partial charge on any atom is -0.497 e. The second-order valence-corrected chi connectivity index (χ2v) is 5.69. The molecule has 118 valence electrons. The summed E-state index contributed by atoms with van der Waals surface area (Å²) in [6.45, 7) is 0.392. The number of halogens is 1. The SMILES string of the molecule is COc1ccc2c(c1)cc(C(=O)NCc1ccccc1Cl)n2C. The maximum absolute atomic E-state index is 12.5. The predicted octanol–water partition coefficient (Wildman–Crippen LogP) is 3.77. The molecule has 4 nitrogen and oxygen atoms in total. The van der Waals surface area contributed by atoms with Crippen molar-refractivity contribution in [3.05, 3.63) is 64.8 Å². The first kappa shape index (κ1) is 15.4. The fourth-order valence-electron chi connectivity index (χ4n) is 2.58. The van der Waals surface area contributed by atoms with Crippen LogP contribution in [-0.4, -0.2) is 17.6 Å². The number of aromatic nitrogens is 1. The Labute approximate surface area is 139 Å². The van der Waals surface area contributed by atoms with Crippen molar-refractivity contribution in [1.29, 1.82) is 0 Å². The van der Waals surface area contributed by atoms with Crippen molar-refractivity contribution in [3.8, 4) is 5.75 Å². The van der Waals surface area contributed by atoms with E-state index in [4.69, 9.17) is 16.3 Å². The summed E-state index contributed by atoms with van der Waals surface area (Å²) >= 11 is 6.11. The van der Waals surface area contributed by atoms with Gasteiger partial charge in [0.05, 0.1) is 7.11 Å². The topological polar surface area (TPSA) is 43.3 Å². The molecule has 1 N–H and O–H groups in total. The number of nitrogens with one attached hydrogen (secondary N) is 1. The summed E-state index contributed by atoms with van der Waals surface area (Å²) in [5, 5.41) is 4.53. The van der Waals surface area contributed by atoms with Crippen LogP contribution in [0.3, 0.4) is 0 Å². The number of aryl methyl sites for hydroxylation is 1. The Hall–Kier alpha value is -2.46. The monoisotopic (exact) mass is 328 g/mol. The molecule has 0 unspecified atom stereocenters. The van der Waals surface area contributed by atoms with Crippen molar-refractivity contribution in [3.63, 3.8) is 0 Å². The number of hydrogen-bond acceptors (Lipinski definition) is 2. The number of hydrogen-bond donors (Lipinski definition) is 1. The highest BCUT2D eigenvalue weighted by Crippen LogP contribution is 2.24. The normalized spacial score (nSPS) is 10.7. The summed E-state index contributed by atoms with van der Waals surface area (Å²) in [4.78, 5) is 12.5. The summed E-state index contributed by atoms with van der Waals surface area (Å²) in [5.41, 5.74) is 2.47. The number of amides is 1. The number of carbonyl (C=O) groups is 1. The Balaban J connectivity index is 1.83. The van der Waals surface area contributed by atoms with Crippen LogP contribution in [0.15, 0.2) is 48.5 Å². The largest absolute Gasteiger partial charge is 0.497 e. The summed E-state index contributed by atoms with van der Waals surface area (Å²) in [7, 11) is 3.50. The van der Waals surface area contributed by atoms with Crippen LogP contribution in [0.5, 0.6) is 5.75 Å². The first-order valence-corrected chi connectivity index (χ1v) is 7.63. The number of methoxy groups -OCH3 is 1. The smallest absolute Gasteiger partial charge is 0.268 e. The Bertz CT molecular complexity index is 871. The van der Waals surface area contributed by atoms with E-state index < -0.39 is 0 Å². The lowest BCUT2D eigenvalue weighted by Gasteiger charge is -2.08. The Morgan fingerprint density at radius 2 is 2.00 bits per heavy atom. The van der Waals surface area contributed by atoms with E-state index in [0.29, 0.717) is 17.3 Å². The molecule has 3 aromatic rings. The highest BCUT2D eigenvalue weighted by molar-refractivity contribution is 6.31. The van der Waals surface area contributed by atoms with Crippen LogP contribution in [-0.2, 0) is 13.6 Å². The van der Waals surface area contributed by atoms with E-state index in [1.54, 1.807) is 7.11 Å². The zero-order valence-corrected chi connectivity index (χ0v) is 13.7. The van der Waals surface area contributed by atoms with E-state index in [9.17, 15) is 4.79 Å². The lowest BCUT2D eigenvalue weighted by Crippen LogP contribution is -2.24. The first-order valence-electron chi connectivity index (χ1n) is 7.25. The summed E-state index contributed by atoms with van der Waals surface area (Å²) in [5.74, 6) is 0.633. The lowest BCUT2D eigenvalue weighted by molar-refractivity contribution is 0.0943. The van der Waals surface area contributed by atoms with Crippen LogP contribution in [0.25, 0.3) is 10.9 Å². The zero-order chi connectivity index (χ0) is 16.4. The quantitative estimate of drug-likeness (QED) is 0.792. The van der Waals surface area contributed by atoms with Gasteiger partial charge in [0, 0.05) is 29.5 Å². The molecule has 0 bridgehead atoms. The predicted molar refractivity (Wildman–Crippen MR) is 92.1 cm³/mol. The molecule has 23 heavy (non-hydrogen) atoms. The molecule has 1 aromatic heterocycles. The van der Waals surface area contributed by atoms with Crippen molar-refractivity contribution in [2.24, 2.45) is 7.05 Å². The van der Waals surface area contributed by atoms with Crippen LogP contribution >= 0.6 is 11.6 Å². The van der Waals surface area contributed by atoms with Gasteiger partial charge < -0.3 is 14.6 Å². The Morgan fingerprint density at radius 3 is 2.74 bits per heavy atom. The molecule has 0 atom stereocenters. The average molecular weight is 329 g/mol. The highest BCUT2D eigenvalue weighted by atomic mass is 35.5. The molecular formula is C18H17ClN2O2. The number of benzene rings is 2. The molecule has 0 saturated carbocycles. The number of nitrogens with zero attached hydrogens (tertiary/aromatic N) is 1. The van der Waals surface area contributed by atoms with Gasteiger partial charge in [0.15, 0.2) is 0 Å². The van der Waals surface area contributed by atoms with Gasteiger partial charge in [0.2, 0.25) is 0 Å². The second-order valence-electron chi connectivity index (χ2n) is 5.29. The summed E-state index contributed by atoms with van der Waals surface area (Å²) in [6, 6.07) is 15.1. The lowest BCUT2D eigenvalue weighted by atomic mass is 10.2. The van der Waals surface area contributed by atoms with Gasteiger partial charge in [0.25, 0.3) is 5.91 Å². The molecule has 0 aliphatic carbocycles. The summed E-state index contributed by atoms with van der Waals surface area (Å²) < 4.78 is 7.10. The molecule has 0 aliphatic rings. The van der Waals surface area contributed by atoms with Gasteiger partial charge in [-0.2, -0.15) is 0 Å². The molecule has 0 radical (unpaired) electrons. The molecule has 0 aliphatic heterocycles. The molecule has 5 heteroatoms. The van der Waals surface area contributed by atoms with Crippen LogP contribution < -0.4 is 10.1 Å². The van der Waals surface area contributed by atoms with Crippen molar-refractivity contribution in [2.45, 2.75) is 6.54 Å². The van der Waals surface area contributed by atoms with E-state index in [1.165, 1.54) is 0 Å². The fourth-order valence-corrected chi connectivity index (χ4v) is 2.78. The standard InChI is InChI=1S/C18H17ClN2O2/c1-21-16-8-7-14(23-2)9-13(16)10-17(21)18(22)20-11-12-5-3-4-6-15(12)19/h3-10H,11H2,1-2H3,(H,20,22). The van der Waals surface area contributed by atoms with Crippen LogP contribution in [0.1, 0.15) is 16.1 Å². The summed E-state index contributed by atoms with van der Waals surface area (Å²) in [6.07, 6.45) is 0. The van der Waals surface area contributed by atoms with Crippen LogP contribution in [0.2, 0.25) is 5.02 Å². The van der Waals surface area contributed by atoms with E-state index in [2.05, 4.69) is 5.32 Å². The molecule has 2 aromatic carbocycles. The van der Waals surface area contributed by atoms with Gasteiger partial charge >= 0.3 is 0 Å². The van der Waals surface area contributed by atoms with E-state index >= 15 is 0 Å². The molecule has 3 rings (SSSR count). The minimum absolute atomic E-state index is 0.136. The van der Waals surface area contributed by atoms with Crippen LogP contribution in [0.4, 0.5) is 0 Å². The Kier molecular flexibility index (Phi) is 4.26. The third-order valence-corrected chi connectivity index (χ3v) is 4.25. The van der Waals surface area contributed by atoms with Gasteiger partial charge in [-0.05, 0) is 35.9 Å². The van der Waals surface area contributed by atoms with Crippen molar-refractivity contribution < 1.29 is 9.53 Å². The third-order valence-electron chi connectivity index (χ3n) is 3.88. The minimum atomic E-state index is -0.136. The molecule has 0 fully saturated rings. The van der Waals surface area contributed by atoms with Gasteiger partial charge in [-0.15, -0.1) is 0 Å². The second kappa shape index (κ2) is 6.34. The Morgan fingerprint density at radius 1 is 1.22 bits per heavy atom. The van der Waals surface area contributed by atoms with Gasteiger partial charge in [-0.1, -0.05) is 29.8 Å². The van der Waals surface area contributed by atoms with Gasteiger partial charge in [-0.3, -0.25) is 4.79 Å². The average Bonchev–Trinajstić information content (AvgIpc) is 2.90. The maximum atomic E-state index is 12.5. The number of carbonyl (C=O) groups excluding carboxylic acids is 1. The fraction of sp³-hybridized carbons (Fsp3) is 0.167. The zero-order valence-electron chi connectivity index (χ0n) is 13.0. The number of rotatable bonds is 4. The highest BCUT2D eigenvalue weighted by Gasteiger charge is 2.14. The van der Waals surface area contributed by atoms with Gasteiger partial charge in [-0.25, -0.2) is 0 Å². The van der Waals surface area contributed by atoms with E-state index in [0.717, 1.165) is 22.2 Å². The van der Waals surface area contributed by atoms with E-state index in [-0.39, 0.29) is 5.91 Å². The first-order chi connectivity index (χ1) is 11.1. The third kappa shape index (κ3) is 3.03. The number of ether oxygens (including phenoxy) is 1. The van der Waals surface area contributed by atoms with Crippen molar-refractivity contribution in [1.82, 2.24) is 9.88 Å². The van der Waals surface area contributed by atoms with Crippen LogP contribution in [0, 0.1) is 0 Å². The maximum Gasteiger partial charge on any atom is 0.268 e. The van der Waals surface area contributed by atoms with Crippen molar-refractivity contribution in [2.75, 3.05) is 7.11 Å². The van der Waals surface area contributed by atoms with E-state index in [1.807, 2.05) is 60.1 Å². The number of fused-ring (bicyclic) bond motifs is 1.